The first kappa shape index (κ1) is 16.5. The predicted octanol–water partition coefficient (Wildman–Crippen LogP) is 0.985. The molecule has 0 amide bonds. The molecule has 0 saturated carbocycles. The van der Waals surface area contributed by atoms with Crippen molar-refractivity contribution in [1.29, 1.82) is 0 Å². The largest absolute Gasteiger partial charge is 0.508 e. The van der Waals surface area contributed by atoms with Gasteiger partial charge in [-0.1, -0.05) is 6.92 Å². The Morgan fingerprint density at radius 2 is 2.04 bits per heavy atom. The number of aromatic hydroxyl groups is 1. The summed E-state index contributed by atoms with van der Waals surface area (Å²) in [5, 5.41) is 13.4. The van der Waals surface area contributed by atoms with Crippen molar-refractivity contribution in [1.82, 2.24) is 19.1 Å². The third kappa shape index (κ3) is 3.16. The van der Waals surface area contributed by atoms with Crippen molar-refractivity contribution in [2.75, 3.05) is 5.43 Å². The van der Waals surface area contributed by atoms with Crippen LogP contribution in [-0.2, 0) is 13.6 Å². The molecule has 3 rings (SSSR count). The van der Waals surface area contributed by atoms with Gasteiger partial charge >= 0.3 is 5.69 Å². The fraction of sp³-hybridized carbons (Fsp3) is 0.250. The number of H-pyrrole nitrogens is 1. The Kier molecular flexibility index (Phi) is 4.38. The van der Waals surface area contributed by atoms with Crippen LogP contribution in [0, 0.1) is 0 Å². The number of imidazole rings is 1. The second-order valence-electron chi connectivity index (χ2n) is 5.54. The molecule has 2 aromatic heterocycles. The number of aryl methyl sites for hydroxylation is 2. The molecule has 0 spiro atoms. The van der Waals surface area contributed by atoms with Gasteiger partial charge in [0.15, 0.2) is 11.2 Å². The lowest BCUT2D eigenvalue weighted by molar-refractivity contribution is 0.475. The van der Waals surface area contributed by atoms with E-state index in [4.69, 9.17) is 0 Å². The SMILES string of the molecule is CCCn1c(NN=Cc2ccc(O)cc2)nc2c1c(=O)[nH]c(=O)n2C. The van der Waals surface area contributed by atoms with Crippen molar-refractivity contribution in [3.8, 4) is 5.75 Å². The van der Waals surface area contributed by atoms with Crippen molar-refractivity contribution in [2.45, 2.75) is 19.9 Å². The van der Waals surface area contributed by atoms with Crippen molar-refractivity contribution in [2.24, 2.45) is 12.1 Å². The van der Waals surface area contributed by atoms with E-state index in [9.17, 15) is 14.7 Å². The summed E-state index contributed by atoms with van der Waals surface area (Å²) in [6, 6.07) is 6.54. The van der Waals surface area contributed by atoms with Crippen LogP contribution in [0.25, 0.3) is 11.2 Å². The minimum atomic E-state index is -0.516. The normalized spacial score (nSPS) is 11.4. The molecule has 130 valence electrons. The number of fused-ring (bicyclic) bond motifs is 1. The zero-order valence-electron chi connectivity index (χ0n) is 13.9. The third-order valence-corrected chi connectivity index (χ3v) is 3.73. The Morgan fingerprint density at radius 3 is 2.72 bits per heavy atom. The Bertz CT molecular complexity index is 1040. The number of nitrogens with zero attached hydrogens (tertiary/aromatic N) is 4. The summed E-state index contributed by atoms with van der Waals surface area (Å²) >= 11 is 0. The van der Waals surface area contributed by atoms with E-state index in [2.05, 4.69) is 20.5 Å². The molecule has 9 nitrogen and oxygen atoms in total. The number of hydrogen-bond acceptors (Lipinski definition) is 6. The lowest BCUT2D eigenvalue weighted by Crippen LogP contribution is -2.29. The first-order chi connectivity index (χ1) is 12.0. The molecule has 3 N–H and O–H groups in total. The van der Waals surface area contributed by atoms with Gasteiger partial charge in [-0.05, 0) is 36.2 Å². The molecule has 0 radical (unpaired) electrons. The first-order valence-electron chi connectivity index (χ1n) is 7.79. The van der Waals surface area contributed by atoms with Crippen LogP contribution >= 0.6 is 0 Å². The summed E-state index contributed by atoms with van der Waals surface area (Å²) in [5.41, 5.74) is 3.23. The Balaban J connectivity index is 2.00. The number of phenolic OH excluding ortho intramolecular Hbond substituents is 1. The van der Waals surface area contributed by atoms with E-state index in [1.807, 2.05) is 6.92 Å². The molecule has 0 saturated heterocycles. The van der Waals surface area contributed by atoms with E-state index >= 15 is 0 Å². The monoisotopic (exact) mass is 342 g/mol. The summed E-state index contributed by atoms with van der Waals surface area (Å²) in [4.78, 5) is 30.5. The smallest absolute Gasteiger partial charge is 0.329 e. The second kappa shape index (κ2) is 6.63. The van der Waals surface area contributed by atoms with Crippen molar-refractivity contribution in [3.63, 3.8) is 0 Å². The average Bonchev–Trinajstić information content (AvgIpc) is 2.94. The van der Waals surface area contributed by atoms with Gasteiger partial charge in [-0.25, -0.2) is 10.2 Å². The number of anilines is 1. The van der Waals surface area contributed by atoms with Gasteiger partial charge in [0.1, 0.15) is 5.75 Å². The summed E-state index contributed by atoms with van der Waals surface area (Å²) in [7, 11) is 1.55. The van der Waals surface area contributed by atoms with Crippen LogP contribution in [0.4, 0.5) is 5.95 Å². The molecule has 1 aromatic carbocycles. The van der Waals surface area contributed by atoms with Gasteiger partial charge < -0.3 is 9.67 Å². The van der Waals surface area contributed by atoms with Gasteiger partial charge in [0.2, 0.25) is 5.95 Å². The molecule has 0 unspecified atom stereocenters. The van der Waals surface area contributed by atoms with Gasteiger partial charge in [-0.2, -0.15) is 10.1 Å². The van der Waals surface area contributed by atoms with Crippen LogP contribution in [0.2, 0.25) is 0 Å². The van der Waals surface area contributed by atoms with E-state index in [-0.39, 0.29) is 5.75 Å². The van der Waals surface area contributed by atoms with Crippen LogP contribution in [0.15, 0.2) is 39.0 Å². The predicted molar refractivity (Wildman–Crippen MR) is 95.2 cm³/mol. The zero-order valence-corrected chi connectivity index (χ0v) is 13.9. The molecule has 3 aromatic rings. The van der Waals surface area contributed by atoms with Crippen LogP contribution in [-0.4, -0.2) is 30.4 Å². The molecule has 0 aliphatic rings. The van der Waals surface area contributed by atoms with Gasteiger partial charge in [0.05, 0.1) is 6.21 Å². The molecule has 25 heavy (non-hydrogen) atoms. The van der Waals surface area contributed by atoms with E-state index in [1.54, 1.807) is 42.1 Å². The quantitative estimate of drug-likeness (QED) is 0.472. The van der Waals surface area contributed by atoms with E-state index in [0.29, 0.717) is 23.7 Å². The average molecular weight is 342 g/mol. The van der Waals surface area contributed by atoms with Crippen molar-refractivity contribution < 1.29 is 5.11 Å². The van der Waals surface area contributed by atoms with Gasteiger partial charge in [0.25, 0.3) is 5.56 Å². The summed E-state index contributed by atoms with van der Waals surface area (Å²) in [6.45, 7) is 2.53. The minimum Gasteiger partial charge on any atom is -0.508 e. The number of hydrogen-bond donors (Lipinski definition) is 3. The molecule has 0 bridgehead atoms. The third-order valence-electron chi connectivity index (χ3n) is 3.73. The molecule has 9 heteroatoms. The summed E-state index contributed by atoms with van der Waals surface area (Å²) < 4.78 is 2.99. The number of hydrazone groups is 1. The van der Waals surface area contributed by atoms with Crippen LogP contribution in [0.5, 0.6) is 5.75 Å². The molecule has 0 aliphatic heterocycles. The van der Waals surface area contributed by atoms with Crippen LogP contribution in [0.1, 0.15) is 18.9 Å². The van der Waals surface area contributed by atoms with E-state index in [0.717, 1.165) is 12.0 Å². The van der Waals surface area contributed by atoms with Gasteiger partial charge in [0, 0.05) is 13.6 Å². The Labute approximate surface area is 142 Å². The number of rotatable bonds is 5. The maximum atomic E-state index is 12.2. The second-order valence-corrected chi connectivity index (χ2v) is 5.54. The van der Waals surface area contributed by atoms with Crippen LogP contribution < -0.4 is 16.7 Å². The highest BCUT2D eigenvalue weighted by Gasteiger charge is 2.16. The molecular weight excluding hydrogens is 324 g/mol. The van der Waals surface area contributed by atoms with Gasteiger partial charge in [-0.15, -0.1) is 0 Å². The molecule has 0 aliphatic carbocycles. The lowest BCUT2D eigenvalue weighted by Gasteiger charge is -2.05. The number of aromatic nitrogens is 4. The lowest BCUT2D eigenvalue weighted by atomic mass is 10.2. The molecular formula is C16H18N6O3. The highest BCUT2D eigenvalue weighted by molar-refractivity contribution is 5.80. The van der Waals surface area contributed by atoms with E-state index in [1.165, 1.54) is 4.57 Å². The van der Waals surface area contributed by atoms with Crippen LogP contribution in [0.3, 0.4) is 0 Å². The van der Waals surface area contributed by atoms with Crippen molar-refractivity contribution >= 4 is 23.3 Å². The van der Waals surface area contributed by atoms with E-state index < -0.39 is 11.2 Å². The summed E-state index contributed by atoms with van der Waals surface area (Å²) in [6.07, 6.45) is 2.35. The minimum absolute atomic E-state index is 0.176. The molecule has 0 atom stereocenters. The van der Waals surface area contributed by atoms with Gasteiger partial charge in [-0.3, -0.25) is 14.3 Å². The topological polar surface area (TPSA) is 117 Å². The number of benzene rings is 1. The molecule has 2 heterocycles. The zero-order chi connectivity index (χ0) is 18.0. The highest BCUT2D eigenvalue weighted by atomic mass is 16.3. The Hall–Kier alpha value is -3.36. The number of phenols is 1. The maximum absolute atomic E-state index is 12.2. The highest BCUT2D eigenvalue weighted by Crippen LogP contribution is 2.16. The fourth-order valence-electron chi connectivity index (χ4n) is 2.49. The summed E-state index contributed by atoms with van der Waals surface area (Å²) in [5.74, 6) is 0.550. The number of aromatic amines is 1. The number of nitrogens with one attached hydrogen (secondary N) is 2. The fourth-order valence-corrected chi connectivity index (χ4v) is 2.49. The first-order valence-corrected chi connectivity index (χ1v) is 7.79. The van der Waals surface area contributed by atoms with Crippen molar-refractivity contribution in [3.05, 3.63) is 50.7 Å². The maximum Gasteiger partial charge on any atom is 0.329 e. The Morgan fingerprint density at radius 1 is 1.32 bits per heavy atom. The molecule has 0 fully saturated rings. The standard InChI is InChI=1S/C16H18N6O3/c1-3-8-22-12-13(21(2)16(25)19-14(12)24)18-15(22)20-17-9-10-4-6-11(23)7-5-10/h4-7,9,23H,3,8H2,1-2H3,(H,18,20)(H,19,24,25).